The minimum absolute atomic E-state index is 0.240. The van der Waals surface area contributed by atoms with E-state index >= 15 is 0 Å². The Bertz CT molecular complexity index is 588. The van der Waals surface area contributed by atoms with Crippen LogP contribution >= 0.6 is 0 Å². The van der Waals surface area contributed by atoms with Gasteiger partial charge in [0.2, 0.25) is 5.88 Å². The lowest BCUT2D eigenvalue weighted by atomic mass is 10.1. The van der Waals surface area contributed by atoms with Gasteiger partial charge in [-0.1, -0.05) is 0 Å². The molecule has 0 unspecified atom stereocenters. The van der Waals surface area contributed by atoms with Crippen LogP contribution < -0.4 is 9.64 Å². The van der Waals surface area contributed by atoms with E-state index in [0.29, 0.717) is 24.7 Å². The van der Waals surface area contributed by atoms with Crippen molar-refractivity contribution >= 4 is 5.82 Å². The summed E-state index contributed by atoms with van der Waals surface area (Å²) in [7, 11) is 0. The Morgan fingerprint density at radius 3 is 3.18 bits per heavy atom. The van der Waals surface area contributed by atoms with Crippen LogP contribution in [0.2, 0.25) is 0 Å². The summed E-state index contributed by atoms with van der Waals surface area (Å²) in [5.74, 6) is 2.06. The maximum Gasteiger partial charge on any atom is 0.218 e. The van der Waals surface area contributed by atoms with Crippen LogP contribution in [0.25, 0.3) is 0 Å². The second-order valence-corrected chi connectivity index (χ2v) is 5.40. The van der Waals surface area contributed by atoms with Crippen molar-refractivity contribution in [3.8, 4) is 5.88 Å². The zero-order valence-electron chi connectivity index (χ0n) is 12.7. The average molecular weight is 303 g/mol. The van der Waals surface area contributed by atoms with Crippen molar-refractivity contribution in [2.45, 2.75) is 38.3 Å². The van der Waals surface area contributed by atoms with Gasteiger partial charge in [-0.05, 0) is 31.9 Å². The van der Waals surface area contributed by atoms with E-state index in [1.54, 1.807) is 12.3 Å². The second-order valence-electron chi connectivity index (χ2n) is 5.40. The number of aromatic nitrogens is 2. The number of aliphatic hydroxyl groups is 1. The molecule has 0 amide bonds. The van der Waals surface area contributed by atoms with E-state index in [1.165, 1.54) is 6.33 Å². The Labute approximate surface area is 129 Å². The largest absolute Gasteiger partial charge is 0.478 e. The van der Waals surface area contributed by atoms with Crippen molar-refractivity contribution in [2.75, 3.05) is 18.1 Å². The molecule has 6 nitrogen and oxygen atoms in total. The number of rotatable bonds is 6. The van der Waals surface area contributed by atoms with E-state index in [9.17, 15) is 5.11 Å². The van der Waals surface area contributed by atoms with Crippen molar-refractivity contribution in [3.63, 3.8) is 0 Å². The van der Waals surface area contributed by atoms with Crippen LogP contribution in [-0.2, 0) is 0 Å². The molecule has 1 fully saturated rings. The average Bonchev–Trinajstić information content (AvgIpc) is 3.19. The molecule has 22 heavy (non-hydrogen) atoms. The molecule has 0 aromatic carbocycles. The quantitative estimate of drug-likeness (QED) is 0.884. The summed E-state index contributed by atoms with van der Waals surface area (Å²) in [6.07, 6.45) is 5.27. The number of hydrogen-bond acceptors (Lipinski definition) is 6. The Balaban J connectivity index is 1.71. The predicted octanol–water partition coefficient (Wildman–Crippen LogP) is 2.56. The first-order valence-corrected chi connectivity index (χ1v) is 7.71. The van der Waals surface area contributed by atoms with E-state index in [2.05, 4.69) is 14.9 Å². The summed E-state index contributed by atoms with van der Waals surface area (Å²) in [4.78, 5) is 10.7. The van der Waals surface area contributed by atoms with Gasteiger partial charge >= 0.3 is 0 Å². The van der Waals surface area contributed by atoms with Crippen LogP contribution in [0.5, 0.6) is 5.88 Å². The summed E-state index contributed by atoms with van der Waals surface area (Å²) >= 11 is 0. The molecule has 3 heterocycles. The monoisotopic (exact) mass is 303 g/mol. The van der Waals surface area contributed by atoms with Crippen molar-refractivity contribution in [1.29, 1.82) is 0 Å². The van der Waals surface area contributed by atoms with E-state index in [0.717, 1.165) is 25.2 Å². The number of ether oxygens (including phenoxy) is 1. The first kappa shape index (κ1) is 14.8. The Hall–Kier alpha value is -2.08. The zero-order valence-corrected chi connectivity index (χ0v) is 12.7. The van der Waals surface area contributed by atoms with Gasteiger partial charge in [0.15, 0.2) is 0 Å². The van der Waals surface area contributed by atoms with Crippen LogP contribution in [0, 0.1) is 0 Å². The van der Waals surface area contributed by atoms with Crippen molar-refractivity contribution in [3.05, 3.63) is 36.5 Å². The molecule has 6 heteroatoms. The number of furan rings is 1. The topological polar surface area (TPSA) is 71.6 Å². The molecule has 0 saturated carbocycles. The second kappa shape index (κ2) is 6.79. The smallest absolute Gasteiger partial charge is 0.218 e. The molecule has 118 valence electrons. The van der Waals surface area contributed by atoms with E-state index in [-0.39, 0.29) is 6.04 Å². The van der Waals surface area contributed by atoms with Crippen molar-refractivity contribution in [2.24, 2.45) is 0 Å². The Kier molecular flexibility index (Phi) is 4.58. The fraction of sp³-hybridized carbons (Fsp3) is 0.500. The minimum Gasteiger partial charge on any atom is -0.478 e. The molecule has 1 N–H and O–H groups in total. The Morgan fingerprint density at radius 1 is 1.50 bits per heavy atom. The van der Waals surface area contributed by atoms with Crippen LogP contribution in [0.15, 0.2) is 35.2 Å². The summed E-state index contributed by atoms with van der Waals surface area (Å²) in [5, 5.41) is 10.3. The molecule has 0 radical (unpaired) electrons. The van der Waals surface area contributed by atoms with Gasteiger partial charge in [0, 0.05) is 25.1 Å². The lowest BCUT2D eigenvalue weighted by Crippen LogP contribution is -2.31. The third-order valence-corrected chi connectivity index (χ3v) is 3.96. The van der Waals surface area contributed by atoms with Crippen LogP contribution in [0.4, 0.5) is 5.82 Å². The normalized spacial score (nSPS) is 19.4. The van der Waals surface area contributed by atoms with Crippen LogP contribution in [-0.4, -0.2) is 34.3 Å². The number of hydrogen-bond donors (Lipinski definition) is 1. The predicted molar refractivity (Wildman–Crippen MR) is 81.9 cm³/mol. The van der Waals surface area contributed by atoms with E-state index < -0.39 is 6.10 Å². The lowest BCUT2D eigenvalue weighted by molar-refractivity contribution is 0.132. The van der Waals surface area contributed by atoms with Gasteiger partial charge < -0.3 is 19.2 Å². The molecule has 1 aliphatic heterocycles. The molecule has 2 aromatic heterocycles. The maximum atomic E-state index is 10.3. The highest BCUT2D eigenvalue weighted by Crippen LogP contribution is 2.31. The summed E-state index contributed by atoms with van der Waals surface area (Å²) in [6, 6.07) is 5.71. The zero-order chi connectivity index (χ0) is 15.4. The third kappa shape index (κ3) is 3.22. The lowest BCUT2D eigenvalue weighted by Gasteiger charge is -2.27. The van der Waals surface area contributed by atoms with Crippen LogP contribution in [0.1, 0.15) is 38.1 Å². The molecule has 2 atom stereocenters. The summed E-state index contributed by atoms with van der Waals surface area (Å²) in [5.41, 5.74) is 0. The minimum atomic E-state index is -0.589. The molecule has 3 rings (SSSR count). The first-order chi connectivity index (χ1) is 10.8. The Morgan fingerprint density at radius 2 is 2.41 bits per heavy atom. The summed E-state index contributed by atoms with van der Waals surface area (Å²) in [6.45, 7) is 3.44. The molecule has 2 aromatic rings. The summed E-state index contributed by atoms with van der Waals surface area (Å²) < 4.78 is 10.7. The van der Waals surface area contributed by atoms with Gasteiger partial charge in [-0.15, -0.1) is 0 Å². The number of aliphatic hydroxyl groups excluding tert-OH is 1. The molecule has 0 spiro atoms. The number of anilines is 1. The third-order valence-electron chi connectivity index (χ3n) is 3.96. The van der Waals surface area contributed by atoms with Gasteiger partial charge in [0.25, 0.3) is 0 Å². The highest BCUT2D eigenvalue weighted by molar-refractivity contribution is 5.43. The van der Waals surface area contributed by atoms with Gasteiger partial charge in [0.05, 0.1) is 12.9 Å². The molecular weight excluding hydrogens is 282 g/mol. The molecule has 1 aliphatic rings. The standard InChI is InChI=1S/C16H21N3O3/c1-2-21-16-10-15(17-11-18-16)19-7-3-5-12(19)9-13(20)14-6-4-8-22-14/h4,6,8,10-13,20H,2-3,5,7,9H2,1H3/t12-,13-/m1/s1. The van der Waals surface area contributed by atoms with Crippen molar-refractivity contribution in [1.82, 2.24) is 9.97 Å². The van der Waals surface area contributed by atoms with Gasteiger partial charge in [-0.25, -0.2) is 9.97 Å². The van der Waals surface area contributed by atoms with E-state index in [1.807, 2.05) is 19.1 Å². The molecular formula is C16H21N3O3. The van der Waals surface area contributed by atoms with Gasteiger partial charge in [-0.3, -0.25) is 0 Å². The molecule has 1 saturated heterocycles. The molecule has 0 bridgehead atoms. The van der Waals surface area contributed by atoms with Crippen LogP contribution in [0.3, 0.4) is 0 Å². The van der Waals surface area contributed by atoms with E-state index in [4.69, 9.17) is 9.15 Å². The number of nitrogens with zero attached hydrogens (tertiary/aromatic N) is 3. The van der Waals surface area contributed by atoms with Gasteiger partial charge in [0.1, 0.15) is 24.0 Å². The highest BCUT2D eigenvalue weighted by atomic mass is 16.5. The fourth-order valence-electron chi connectivity index (χ4n) is 2.95. The highest BCUT2D eigenvalue weighted by Gasteiger charge is 2.29. The molecule has 0 aliphatic carbocycles. The SMILES string of the molecule is CCOc1cc(N2CCC[C@@H]2C[C@@H](O)c2ccco2)ncn1. The van der Waals surface area contributed by atoms with Gasteiger partial charge in [-0.2, -0.15) is 0 Å². The fourth-order valence-corrected chi connectivity index (χ4v) is 2.95. The van der Waals surface area contributed by atoms with Crippen molar-refractivity contribution < 1.29 is 14.3 Å². The maximum absolute atomic E-state index is 10.3. The first-order valence-electron chi connectivity index (χ1n) is 7.71.